The van der Waals surface area contributed by atoms with Gasteiger partial charge in [-0.1, -0.05) is 22.0 Å². The van der Waals surface area contributed by atoms with Crippen LogP contribution in [0, 0.1) is 0 Å². The van der Waals surface area contributed by atoms with Crippen molar-refractivity contribution in [3.63, 3.8) is 0 Å². The number of rotatable bonds is 3. The third-order valence-corrected chi connectivity index (χ3v) is 4.09. The summed E-state index contributed by atoms with van der Waals surface area (Å²) in [5.74, 6) is 0. The maximum atomic E-state index is 12.4. The second kappa shape index (κ2) is 6.54. The van der Waals surface area contributed by atoms with Crippen molar-refractivity contribution in [3.05, 3.63) is 28.2 Å². The largest absolute Gasteiger partial charge is 0.401 e. The van der Waals surface area contributed by atoms with E-state index in [1.54, 1.807) is 0 Å². The van der Waals surface area contributed by atoms with Crippen LogP contribution in [0.15, 0.2) is 22.7 Å². The van der Waals surface area contributed by atoms with Gasteiger partial charge < -0.3 is 10.6 Å². The molecule has 7 heteroatoms. The normalized spacial score (nSPS) is 18.9. The lowest BCUT2D eigenvalue weighted by molar-refractivity contribution is -0.146. The summed E-state index contributed by atoms with van der Waals surface area (Å²) in [7, 11) is 0. The third kappa shape index (κ3) is 4.59. The average molecular weight is 366 g/mol. The van der Waals surface area contributed by atoms with Gasteiger partial charge in [-0.2, -0.15) is 13.2 Å². The van der Waals surface area contributed by atoms with Crippen LogP contribution in [0.1, 0.15) is 18.5 Å². The highest BCUT2D eigenvalue weighted by atomic mass is 79.9. The minimum absolute atomic E-state index is 0.110. The van der Waals surface area contributed by atoms with Crippen molar-refractivity contribution in [1.29, 1.82) is 0 Å². The smallest absolute Gasteiger partial charge is 0.369 e. The first-order valence-corrected chi connectivity index (χ1v) is 7.64. The Morgan fingerprint density at radius 3 is 2.38 bits per heavy atom. The maximum absolute atomic E-state index is 12.4. The van der Waals surface area contributed by atoms with Gasteiger partial charge in [0.2, 0.25) is 0 Å². The van der Waals surface area contributed by atoms with Crippen LogP contribution in [0.5, 0.6) is 0 Å². The third-order valence-electron chi connectivity index (χ3n) is 3.60. The standard InChI is InChI=1S/C14H19BrF3N3/c1-10(19)12-3-2-11(15)8-13(12)21-6-4-20(5-7-21)9-14(16,17)18/h2-3,8,10H,4-7,9,19H2,1H3. The van der Waals surface area contributed by atoms with Crippen LogP contribution in [0.2, 0.25) is 0 Å². The molecule has 0 amide bonds. The highest BCUT2D eigenvalue weighted by molar-refractivity contribution is 9.10. The molecule has 1 unspecified atom stereocenters. The average Bonchev–Trinajstić information content (AvgIpc) is 2.37. The summed E-state index contributed by atoms with van der Waals surface area (Å²) in [6, 6.07) is 5.77. The molecule has 1 heterocycles. The van der Waals surface area contributed by atoms with Crippen molar-refractivity contribution in [2.24, 2.45) is 5.73 Å². The molecule has 1 aromatic carbocycles. The Morgan fingerprint density at radius 1 is 1.24 bits per heavy atom. The molecule has 0 saturated carbocycles. The second-order valence-corrected chi connectivity index (χ2v) is 6.29. The summed E-state index contributed by atoms with van der Waals surface area (Å²) in [4.78, 5) is 3.55. The van der Waals surface area contributed by atoms with E-state index in [4.69, 9.17) is 5.73 Å². The highest BCUT2D eigenvalue weighted by Gasteiger charge is 2.32. The molecule has 2 N–H and O–H groups in total. The van der Waals surface area contributed by atoms with Crippen molar-refractivity contribution in [2.75, 3.05) is 37.6 Å². The summed E-state index contributed by atoms with van der Waals surface area (Å²) in [5.41, 5.74) is 8.00. The van der Waals surface area contributed by atoms with Gasteiger partial charge >= 0.3 is 6.18 Å². The number of hydrogen-bond donors (Lipinski definition) is 1. The Labute approximate surface area is 131 Å². The molecule has 1 aliphatic rings. The molecule has 3 nitrogen and oxygen atoms in total. The van der Waals surface area contributed by atoms with Crippen molar-refractivity contribution < 1.29 is 13.2 Å². The highest BCUT2D eigenvalue weighted by Crippen LogP contribution is 2.30. The van der Waals surface area contributed by atoms with E-state index in [-0.39, 0.29) is 6.04 Å². The number of benzene rings is 1. The number of halogens is 4. The first-order chi connectivity index (χ1) is 9.76. The molecule has 2 rings (SSSR count). The van der Waals surface area contributed by atoms with E-state index in [0.717, 1.165) is 15.7 Å². The quantitative estimate of drug-likeness (QED) is 0.892. The SMILES string of the molecule is CC(N)c1ccc(Br)cc1N1CCN(CC(F)(F)F)CC1. The molecule has 1 aliphatic heterocycles. The zero-order chi connectivity index (χ0) is 15.6. The van der Waals surface area contributed by atoms with Crippen LogP contribution < -0.4 is 10.6 Å². The predicted octanol–water partition coefficient (Wildman–Crippen LogP) is 3.15. The zero-order valence-corrected chi connectivity index (χ0v) is 13.4. The van der Waals surface area contributed by atoms with Gasteiger partial charge in [-0.3, -0.25) is 4.90 Å². The van der Waals surface area contributed by atoms with Gasteiger partial charge in [0.1, 0.15) is 0 Å². The molecular formula is C14H19BrF3N3. The lowest BCUT2D eigenvalue weighted by Gasteiger charge is -2.37. The zero-order valence-electron chi connectivity index (χ0n) is 11.8. The van der Waals surface area contributed by atoms with Crippen LogP contribution in [0.25, 0.3) is 0 Å². The monoisotopic (exact) mass is 365 g/mol. The van der Waals surface area contributed by atoms with E-state index in [2.05, 4.69) is 20.8 Å². The molecule has 0 bridgehead atoms. The molecule has 1 aromatic rings. The maximum Gasteiger partial charge on any atom is 0.401 e. The molecule has 1 atom stereocenters. The Bertz CT molecular complexity index is 483. The van der Waals surface area contributed by atoms with Gasteiger partial charge in [0.05, 0.1) is 6.54 Å². The van der Waals surface area contributed by atoms with E-state index in [1.807, 2.05) is 25.1 Å². The van der Waals surface area contributed by atoms with Gasteiger partial charge in [0, 0.05) is 42.4 Å². The first kappa shape index (κ1) is 16.6. The molecule has 118 valence electrons. The summed E-state index contributed by atoms with van der Waals surface area (Å²) in [6.45, 7) is 3.04. The van der Waals surface area contributed by atoms with E-state index in [1.165, 1.54) is 4.90 Å². The lowest BCUT2D eigenvalue weighted by atomic mass is 10.1. The molecule has 0 aliphatic carbocycles. The molecule has 1 fully saturated rings. The second-order valence-electron chi connectivity index (χ2n) is 5.37. The summed E-state index contributed by atoms with van der Waals surface area (Å²) >= 11 is 3.44. The molecular weight excluding hydrogens is 347 g/mol. The van der Waals surface area contributed by atoms with Crippen molar-refractivity contribution in [3.8, 4) is 0 Å². The number of nitrogens with two attached hydrogens (primary N) is 1. The molecule has 0 spiro atoms. The number of nitrogens with zero attached hydrogens (tertiary/aromatic N) is 2. The van der Waals surface area contributed by atoms with Gasteiger partial charge in [0.25, 0.3) is 0 Å². The first-order valence-electron chi connectivity index (χ1n) is 6.85. The number of alkyl halides is 3. The Morgan fingerprint density at radius 2 is 1.86 bits per heavy atom. The van der Waals surface area contributed by atoms with Gasteiger partial charge in [-0.05, 0) is 24.6 Å². The van der Waals surface area contributed by atoms with Crippen molar-refractivity contribution in [1.82, 2.24) is 4.90 Å². The fourth-order valence-corrected chi connectivity index (χ4v) is 2.93. The van der Waals surface area contributed by atoms with Crippen LogP contribution in [-0.4, -0.2) is 43.8 Å². The van der Waals surface area contributed by atoms with Crippen molar-refractivity contribution >= 4 is 21.6 Å². The van der Waals surface area contributed by atoms with Crippen LogP contribution in [-0.2, 0) is 0 Å². The van der Waals surface area contributed by atoms with Crippen LogP contribution in [0.3, 0.4) is 0 Å². The van der Waals surface area contributed by atoms with Crippen LogP contribution in [0.4, 0.5) is 18.9 Å². The molecule has 21 heavy (non-hydrogen) atoms. The van der Waals surface area contributed by atoms with Gasteiger partial charge in [-0.25, -0.2) is 0 Å². The fourth-order valence-electron chi connectivity index (χ4n) is 2.58. The summed E-state index contributed by atoms with van der Waals surface area (Å²) < 4.78 is 38.2. The number of hydrogen-bond acceptors (Lipinski definition) is 3. The summed E-state index contributed by atoms with van der Waals surface area (Å²) in [5, 5.41) is 0. The lowest BCUT2D eigenvalue weighted by Crippen LogP contribution is -2.49. The minimum Gasteiger partial charge on any atom is -0.369 e. The molecule has 0 aromatic heterocycles. The van der Waals surface area contributed by atoms with Crippen LogP contribution >= 0.6 is 15.9 Å². The number of anilines is 1. The summed E-state index contributed by atoms with van der Waals surface area (Å²) in [6.07, 6.45) is -4.13. The van der Waals surface area contributed by atoms with E-state index >= 15 is 0 Å². The Kier molecular flexibility index (Phi) is 5.16. The topological polar surface area (TPSA) is 32.5 Å². The van der Waals surface area contributed by atoms with Crippen molar-refractivity contribution in [2.45, 2.75) is 19.1 Å². The molecule has 0 radical (unpaired) electrons. The minimum atomic E-state index is -4.13. The molecule has 1 saturated heterocycles. The van der Waals surface area contributed by atoms with E-state index in [9.17, 15) is 13.2 Å². The predicted molar refractivity (Wildman–Crippen MR) is 81.5 cm³/mol. The van der Waals surface area contributed by atoms with E-state index < -0.39 is 12.7 Å². The van der Waals surface area contributed by atoms with Gasteiger partial charge in [-0.15, -0.1) is 0 Å². The number of piperazine rings is 1. The van der Waals surface area contributed by atoms with E-state index in [0.29, 0.717) is 26.2 Å². The Hall–Kier alpha value is -0.790. The fraction of sp³-hybridized carbons (Fsp3) is 0.571. The van der Waals surface area contributed by atoms with Gasteiger partial charge in [0.15, 0.2) is 0 Å². The Balaban J connectivity index is 2.07.